The summed E-state index contributed by atoms with van der Waals surface area (Å²) in [4.78, 5) is 14.3. The first-order valence-electron chi connectivity index (χ1n) is 7.53. The van der Waals surface area contributed by atoms with Crippen LogP contribution in [-0.2, 0) is 0 Å². The molecule has 0 aromatic heterocycles. The first-order valence-corrected chi connectivity index (χ1v) is 7.53. The minimum absolute atomic E-state index is 0.161. The molecule has 1 aromatic carbocycles. The number of carbonyl (C=O) groups is 1. The Hall–Kier alpha value is -2.10. The van der Waals surface area contributed by atoms with E-state index in [4.69, 9.17) is 0 Å². The van der Waals surface area contributed by atoms with Gasteiger partial charge >= 0.3 is 0 Å². The summed E-state index contributed by atoms with van der Waals surface area (Å²) >= 11 is 0. The van der Waals surface area contributed by atoms with Crippen LogP contribution in [0.25, 0.3) is 0 Å². The zero-order valence-electron chi connectivity index (χ0n) is 13.0. The Balaban J connectivity index is 2.00. The van der Waals surface area contributed by atoms with E-state index >= 15 is 0 Å². The third kappa shape index (κ3) is 3.94. The summed E-state index contributed by atoms with van der Waals surface area (Å²) in [6.45, 7) is 8.24. The zero-order chi connectivity index (χ0) is 15.2. The summed E-state index contributed by atoms with van der Waals surface area (Å²) in [5.74, 6) is -0.161. The molecule has 0 atom stereocenters. The largest absolute Gasteiger partial charge is 0.372 e. The van der Waals surface area contributed by atoms with Crippen LogP contribution in [0.4, 0.5) is 5.69 Å². The Morgan fingerprint density at radius 1 is 1.19 bits per heavy atom. The van der Waals surface area contributed by atoms with Crippen LogP contribution in [0.2, 0.25) is 0 Å². The van der Waals surface area contributed by atoms with E-state index in [0.29, 0.717) is 5.56 Å². The van der Waals surface area contributed by atoms with Gasteiger partial charge in [0.25, 0.3) is 5.91 Å². The number of anilines is 1. The van der Waals surface area contributed by atoms with E-state index in [0.717, 1.165) is 37.3 Å². The Bertz CT molecular complexity index is 554. The van der Waals surface area contributed by atoms with Crippen LogP contribution in [0, 0.1) is 0 Å². The second-order valence-corrected chi connectivity index (χ2v) is 5.25. The quantitative estimate of drug-likeness (QED) is 0.843. The predicted molar refractivity (Wildman–Crippen MR) is 87.9 cm³/mol. The lowest BCUT2D eigenvalue weighted by molar-refractivity contribution is 0.0955. The lowest BCUT2D eigenvalue weighted by Crippen LogP contribution is -2.22. The van der Waals surface area contributed by atoms with Crippen molar-refractivity contribution in [3.63, 3.8) is 0 Å². The molecule has 4 heteroatoms. The summed E-state index contributed by atoms with van der Waals surface area (Å²) in [5.41, 5.74) is 6.66. The Morgan fingerprint density at radius 2 is 1.86 bits per heavy atom. The van der Waals surface area contributed by atoms with Gasteiger partial charge in [0, 0.05) is 24.3 Å². The van der Waals surface area contributed by atoms with E-state index in [1.807, 2.05) is 30.3 Å². The number of rotatable bonds is 5. The van der Waals surface area contributed by atoms with Crippen LogP contribution in [0.3, 0.4) is 0 Å². The molecule has 0 bridgehead atoms. The number of hydrazone groups is 1. The van der Waals surface area contributed by atoms with Gasteiger partial charge < -0.3 is 4.90 Å². The average Bonchev–Trinajstić information content (AvgIpc) is 2.92. The summed E-state index contributed by atoms with van der Waals surface area (Å²) in [5, 5.41) is 4.17. The Labute approximate surface area is 126 Å². The van der Waals surface area contributed by atoms with Gasteiger partial charge in [0.15, 0.2) is 0 Å². The van der Waals surface area contributed by atoms with Gasteiger partial charge in [0.1, 0.15) is 0 Å². The average molecular weight is 285 g/mol. The van der Waals surface area contributed by atoms with Crippen LogP contribution in [0.5, 0.6) is 0 Å². The standard InChI is InChI=1S/C17H23N3O/c1-4-20(5-2)16-10-7-14(8-11-16)17(21)19-18-15-9-6-13(3)12-15/h7-8,10-12H,4-6,9H2,1-3H3,(H,19,21). The van der Waals surface area contributed by atoms with E-state index < -0.39 is 0 Å². The lowest BCUT2D eigenvalue weighted by atomic mass is 10.2. The van der Waals surface area contributed by atoms with E-state index in [1.54, 1.807) is 0 Å². The number of nitrogens with one attached hydrogen (secondary N) is 1. The molecular weight excluding hydrogens is 262 g/mol. The molecule has 1 aromatic rings. The summed E-state index contributed by atoms with van der Waals surface area (Å²) in [7, 11) is 0. The number of benzene rings is 1. The molecule has 0 heterocycles. The van der Waals surface area contributed by atoms with E-state index in [9.17, 15) is 4.79 Å². The minimum Gasteiger partial charge on any atom is -0.372 e. The molecule has 0 fully saturated rings. The SMILES string of the molecule is CCN(CC)c1ccc(C(=O)NN=C2C=C(C)CC2)cc1. The van der Waals surface area contributed by atoms with E-state index in [-0.39, 0.29) is 5.91 Å². The molecule has 0 saturated heterocycles. The Kier molecular flexibility index (Phi) is 5.14. The van der Waals surface area contributed by atoms with Crippen LogP contribution >= 0.6 is 0 Å². The van der Waals surface area contributed by atoms with Gasteiger partial charge in [-0.25, -0.2) is 5.43 Å². The molecule has 1 aliphatic carbocycles. The van der Waals surface area contributed by atoms with Crippen LogP contribution < -0.4 is 10.3 Å². The highest BCUT2D eigenvalue weighted by molar-refractivity contribution is 6.00. The highest BCUT2D eigenvalue weighted by atomic mass is 16.2. The van der Waals surface area contributed by atoms with Gasteiger partial charge in [-0.3, -0.25) is 4.79 Å². The van der Waals surface area contributed by atoms with Crippen molar-refractivity contribution in [2.24, 2.45) is 5.10 Å². The molecule has 0 aliphatic heterocycles. The third-order valence-electron chi connectivity index (χ3n) is 3.75. The van der Waals surface area contributed by atoms with Gasteiger partial charge in [-0.2, -0.15) is 5.10 Å². The number of allylic oxidation sites excluding steroid dienone is 2. The molecule has 0 unspecified atom stereocenters. The fraction of sp³-hybridized carbons (Fsp3) is 0.412. The monoisotopic (exact) mass is 285 g/mol. The number of carbonyl (C=O) groups excluding carboxylic acids is 1. The van der Waals surface area contributed by atoms with Crippen LogP contribution in [0.1, 0.15) is 44.0 Å². The number of hydrogen-bond acceptors (Lipinski definition) is 3. The van der Waals surface area contributed by atoms with Crippen molar-refractivity contribution in [1.29, 1.82) is 0 Å². The molecular formula is C17H23N3O. The first kappa shape index (κ1) is 15.3. The maximum absolute atomic E-state index is 12.1. The van der Waals surface area contributed by atoms with Gasteiger partial charge in [0.05, 0.1) is 5.71 Å². The maximum Gasteiger partial charge on any atom is 0.271 e. The van der Waals surface area contributed by atoms with E-state index in [1.165, 1.54) is 5.57 Å². The van der Waals surface area contributed by atoms with Gasteiger partial charge in [0.2, 0.25) is 0 Å². The van der Waals surface area contributed by atoms with Gasteiger partial charge in [-0.15, -0.1) is 0 Å². The van der Waals surface area contributed by atoms with Gasteiger partial charge in [-0.1, -0.05) is 5.57 Å². The van der Waals surface area contributed by atoms with E-state index in [2.05, 4.69) is 36.2 Å². The molecule has 0 spiro atoms. The molecule has 1 N–H and O–H groups in total. The number of nitrogens with zero attached hydrogens (tertiary/aromatic N) is 2. The third-order valence-corrected chi connectivity index (χ3v) is 3.75. The molecule has 2 rings (SSSR count). The highest BCUT2D eigenvalue weighted by Crippen LogP contribution is 2.16. The smallest absolute Gasteiger partial charge is 0.271 e. The highest BCUT2D eigenvalue weighted by Gasteiger charge is 2.09. The second kappa shape index (κ2) is 7.07. The Morgan fingerprint density at radius 3 is 2.38 bits per heavy atom. The normalized spacial score (nSPS) is 16.0. The number of amides is 1. The fourth-order valence-electron chi connectivity index (χ4n) is 2.44. The maximum atomic E-state index is 12.1. The molecule has 4 nitrogen and oxygen atoms in total. The van der Waals surface area contributed by atoms with Crippen LogP contribution in [0.15, 0.2) is 41.0 Å². The molecule has 112 valence electrons. The molecule has 0 saturated carbocycles. The fourth-order valence-corrected chi connectivity index (χ4v) is 2.44. The van der Waals surface area contributed by atoms with Crippen molar-refractivity contribution in [3.8, 4) is 0 Å². The van der Waals surface area contributed by atoms with Crippen molar-refractivity contribution in [3.05, 3.63) is 41.5 Å². The van der Waals surface area contributed by atoms with Gasteiger partial charge in [-0.05, 0) is 64.0 Å². The van der Waals surface area contributed by atoms with Crippen molar-refractivity contribution in [1.82, 2.24) is 5.43 Å². The summed E-state index contributed by atoms with van der Waals surface area (Å²) in [6, 6.07) is 7.65. The summed E-state index contributed by atoms with van der Waals surface area (Å²) in [6.07, 6.45) is 3.98. The lowest BCUT2D eigenvalue weighted by Gasteiger charge is -2.20. The zero-order valence-corrected chi connectivity index (χ0v) is 13.0. The van der Waals surface area contributed by atoms with Crippen molar-refractivity contribution in [2.75, 3.05) is 18.0 Å². The predicted octanol–water partition coefficient (Wildman–Crippen LogP) is 3.36. The molecule has 1 aliphatic rings. The second-order valence-electron chi connectivity index (χ2n) is 5.25. The van der Waals surface area contributed by atoms with Crippen molar-refractivity contribution < 1.29 is 4.79 Å². The molecule has 1 amide bonds. The topological polar surface area (TPSA) is 44.7 Å². The number of hydrogen-bond donors (Lipinski definition) is 1. The van der Waals surface area contributed by atoms with Crippen molar-refractivity contribution >= 4 is 17.3 Å². The first-order chi connectivity index (χ1) is 10.1. The molecule has 21 heavy (non-hydrogen) atoms. The minimum atomic E-state index is -0.161. The summed E-state index contributed by atoms with van der Waals surface area (Å²) < 4.78 is 0. The van der Waals surface area contributed by atoms with Crippen molar-refractivity contribution in [2.45, 2.75) is 33.6 Å². The van der Waals surface area contributed by atoms with Crippen LogP contribution in [-0.4, -0.2) is 24.7 Å². The molecule has 0 radical (unpaired) electrons.